The molecule has 0 saturated carbocycles. The summed E-state index contributed by atoms with van der Waals surface area (Å²) in [7, 11) is 1.56. The van der Waals surface area contributed by atoms with Crippen molar-refractivity contribution in [2.45, 2.75) is 18.9 Å². The van der Waals surface area contributed by atoms with Crippen LogP contribution < -0.4 is 21.3 Å². The number of carbonyl (C=O) groups is 1. The minimum absolute atomic E-state index is 0.00676. The summed E-state index contributed by atoms with van der Waals surface area (Å²) < 4.78 is 5.16. The average molecular weight is 383 g/mol. The predicted molar refractivity (Wildman–Crippen MR) is 108 cm³/mol. The van der Waals surface area contributed by atoms with Crippen LogP contribution in [0.3, 0.4) is 0 Å². The Morgan fingerprint density at radius 1 is 1.46 bits per heavy atom. The molecule has 1 amide bonds. The molecule has 28 heavy (non-hydrogen) atoms. The minimum Gasteiger partial charge on any atom is -0.481 e. The highest BCUT2D eigenvalue weighted by atomic mass is 16.5. The molecule has 0 radical (unpaired) electrons. The highest BCUT2D eigenvalue weighted by molar-refractivity contribution is 5.87. The summed E-state index contributed by atoms with van der Waals surface area (Å²) in [5.41, 5.74) is 7.42. The fourth-order valence-corrected chi connectivity index (χ4v) is 3.25. The second kappa shape index (κ2) is 9.18. The Morgan fingerprint density at radius 3 is 3.11 bits per heavy atom. The number of nitrogens with one attached hydrogen (secondary N) is 2. The van der Waals surface area contributed by atoms with Crippen molar-refractivity contribution in [2.24, 2.45) is 5.73 Å². The van der Waals surface area contributed by atoms with Crippen LogP contribution in [0.5, 0.6) is 5.88 Å². The number of H-pyrrole nitrogens is 1. The van der Waals surface area contributed by atoms with Gasteiger partial charge in [-0.1, -0.05) is 6.08 Å². The second-order valence-corrected chi connectivity index (χ2v) is 6.62. The molecule has 8 nitrogen and oxygen atoms in total. The van der Waals surface area contributed by atoms with E-state index in [-0.39, 0.29) is 17.5 Å². The molecule has 3 rings (SSSR count). The first-order valence-corrected chi connectivity index (χ1v) is 9.26. The summed E-state index contributed by atoms with van der Waals surface area (Å²) in [4.78, 5) is 33.1. The van der Waals surface area contributed by atoms with Crippen LogP contribution in [0.15, 0.2) is 47.5 Å². The van der Waals surface area contributed by atoms with Crippen LogP contribution in [0.25, 0.3) is 11.1 Å². The maximum absolute atomic E-state index is 12.3. The van der Waals surface area contributed by atoms with Gasteiger partial charge in [0, 0.05) is 55.8 Å². The number of pyridine rings is 2. The van der Waals surface area contributed by atoms with E-state index in [1.165, 1.54) is 6.08 Å². The maximum atomic E-state index is 12.3. The van der Waals surface area contributed by atoms with Crippen molar-refractivity contribution < 1.29 is 9.53 Å². The number of aromatic amines is 1. The van der Waals surface area contributed by atoms with Crippen molar-refractivity contribution in [1.29, 1.82) is 0 Å². The molecule has 2 aromatic heterocycles. The molecule has 3 heterocycles. The second-order valence-electron chi connectivity index (χ2n) is 6.62. The van der Waals surface area contributed by atoms with Gasteiger partial charge in [-0.15, -0.1) is 0 Å². The van der Waals surface area contributed by atoms with E-state index in [4.69, 9.17) is 10.5 Å². The number of rotatable bonds is 6. The van der Waals surface area contributed by atoms with Crippen LogP contribution in [0.4, 0.5) is 5.69 Å². The Morgan fingerprint density at radius 2 is 2.32 bits per heavy atom. The normalized spacial score (nSPS) is 16.9. The number of aromatic nitrogens is 2. The molecular weight excluding hydrogens is 358 g/mol. The first kappa shape index (κ1) is 19.6. The molecule has 1 atom stereocenters. The van der Waals surface area contributed by atoms with Gasteiger partial charge in [-0.3, -0.25) is 9.59 Å². The maximum Gasteiger partial charge on any atom is 0.271 e. The van der Waals surface area contributed by atoms with Crippen LogP contribution in [0.1, 0.15) is 12.8 Å². The van der Waals surface area contributed by atoms with Crippen LogP contribution in [0, 0.1) is 0 Å². The lowest BCUT2D eigenvalue weighted by atomic mass is 10.0. The van der Waals surface area contributed by atoms with Gasteiger partial charge in [-0.05, 0) is 30.5 Å². The van der Waals surface area contributed by atoms with Gasteiger partial charge in [0.15, 0.2) is 0 Å². The summed E-state index contributed by atoms with van der Waals surface area (Å²) in [6, 6.07) is 5.47. The van der Waals surface area contributed by atoms with Crippen molar-refractivity contribution in [2.75, 3.05) is 32.1 Å². The number of methoxy groups -OCH3 is 1. The smallest absolute Gasteiger partial charge is 0.271 e. The highest BCUT2D eigenvalue weighted by Crippen LogP contribution is 2.23. The number of nitrogens with two attached hydrogens (primary N) is 1. The largest absolute Gasteiger partial charge is 0.481 e. The Balaban J connectivity index is 1.75. The molecule has 2 aromatic rings. The van der Waals surface area contributed by atoms with Crippen LogP contribution in [0.2, 0.25) is 0 Å². The van der Waals surface area contributed by atoms with Crippen molar-refractivity contribution in [3.63, 3.8) is 0 Å². The van der Waals surface area contributed by atoms with Crippen LogP contribution >= 0.6 is 0 Å². The standard InChI is InChI=1S/C20H25N5O3/c1-28-18-11-14(6-8-22-18)15-10-17(20(27)23-12-15)24-16-4-3-9-25(13-16)19(26)5-2-7-21/h2,5-6,8,10-12,16,24H,3-4,7,9,13,21H2,1H3,(H,23,27)/t16-/m0/s1. The zero-order valence-corrected chi connectivity index (χ0v) is 15.9. The number of amides is 1. The van der Waals surface area contributed by atoms with Crippen molar-refractivity contribution >= 4 is 11.6 Å². The Labute approximate surface area is 163 Å². The van der Waals surface area contributed by atoms with E-state index in [0.717, 1.165) is 24.0 Å². The third-order valence-corrected chi connectivity index (χ3v) is 4.67. The van der Waals surface area contributed by atoms with E-state index < -0.39 is 0 Å². The summed E-state index contributed by atoms with van der Waals surface area (Å²) >= 11 is 0. The molecular formula is C20H25N5O3. The number of hydrogen-bond acceptors (Lipinski definition) is 6. The SMILES string of the molecule is COc1cc(-c2c[nH]c(=O)c(N[C@H]3CCCN(C(=O)C=CCN)C3)c2)ccn1. The summed E-state index contributed by atoms with van der Waals surface area (Å²) in [5, 5.41) is 3.30. The van der Waals surface area contributed by atoms with E-state index in [1.807, 2.05) is 18.2 Å². The number of likely N-dealkylation sites (tertiary alicyclic amines) is 1. The predicted octanol–water partition coefficient (Wildman–Crippen LogP) is 1.36. The van der Waals surface area contributed by atoms with E-state index in [2.05, 4.69) is 15.3 Å². The molecule has 0 unspecified atom stereocenters. The van der Waals surface area contributed by atoms with Crippen LogP contribution in [-0.2, 0) is 4.79 Å². The molecule has 0 aliphatic carbocycles. The molecule has 1 aliphatic heterocycles. The van der Waals surface area contributed by atoms with Gasteiger partial charge in [0.2, 0.25) is 11.8 Å². The molecule has 1 aliphatic rings. The summed E-state index contributed by atoms with van der Waals surface area (Å²) in [5.74, 6) is 0.452. The molecule has 4 N–H and O–H groups in total. The van der Waals surface area contributed by atoms with E-state index >= 15 is 0 Å². The summed E-state index contributed by atoms with van der Waals surface area (Å²) in [6.07, 6.45) is 8.24. The fraction of sp³-hybridized carbons (Fsp3) is 0.350. The lowest BCUT2D eigenvalue weighted by Crippen LogP contribution is -2.45. The van der Waals surface area contributed by atoms with Crippen molar-refractivity contribution in [3.05, 3.63) is 53.1 Å². The van der Waals surface area contributed by atoms with Gasteiger partial charge in [0.25, 0.3) is 5.56 Å². The van der Waals surface area contributed by atoms with Gasteiger partial charge in [0.05, 0.1) is 7.11 Å². The first-order chi connectivity index (χ1) is 13.6. The third kappa shape index (κ3) is 4.77. The van der Waals surface area contributed by atoms with Gasteiger partial charge < -0.3 is 25.7 Å². The number of nitrogens with zero attached hydrogens (tertiary/aromatic N) is 2. The highest BCUT2D eigenvalue weighted by Gasteiger charge is 2.23. The minimum atomic E-state index is -0.198. The van der Waals surface area contributed by atoms with E-state index in [9.17, 15) is 9.59 Å². The van der Waals surface area contributed by atoms with Gasteiger partial charge in [-0.2, -0.15) is 0 Å². The first-order valence-electron chi connectivity index (χ1n) is 9.26. The topological polar surface area (TPSA) is 113 Å². The quantitative estimate of drug-likeness (QED) is 0.649. The third-order valence-electron chi connectivity index (χ3n) is 4.67. The molecule has 0 bridgehead atoms. The summed E-state index contributed by atoms with van der Waals surface area (Å²) in [6.45, 7) is 1.59. The molecule has 0 spiro atoms. The number of anilines is 1. The number of carbonyl (C=O) groups excluding carboxylic acids is 1. The molecule has 1 saturated heterocycles. The number of hydrogen-bond donors (Lipinski definition) is 3. The van der Waals surface area contributed by atoms with Crippen molar-refractivity contribution in [3.8, 4) is 17.0 Å². The average Bonchev–Trinajstić information content (AvgIpc) is 2.73. The zero-order chi connectivity index (χ0) is 19.9. The van der Waals surface area contributed by atoms with Crippen molar-refractivity contribution in [1.82, 2.24) is 14.9 Å². The molecule has 1 fully saturated rings. The number of piperidine rings is 1. The Hall–Kier alpha value is -3.13. The van der Waals surface area contributed by atoms with Gasteiger partial charge >= 0.3 is 0 Å². The van der Waals surface area contributed by atoms with Gasteiger partial charge in [-0.25, -0.2) is 4.98 Å². The van der Waals surface area contributed by atoms with E-state index in [0.29, 0.717) is 31.2 Å². The lowest BCUT2D eigenvalue weighted by Gasteiger charge is -2.33. The lowest BCUT2D eigenvalue weighted by molar-refractivity contribution is -0.127. The van der Waals surface area contributed by atoms with E-state index in [1.54, 1.807) is 30.5 Å². The number of ether oxygens (including phenoxy) is 1. The monoisotopic (exact) mass is 383 g/mol. The Bertz CT molecular complexity index is 909. The molecule has 0 aromatic carbocycles. The zero-order valence-electron chi connectivity index (χ0n) is 15.9. The molecule has 8 heteroatoms. The fourth-order valence-electron chi connectivity index (χ4n) is 3.25. The molecule has 148 valence electrons. The van der Waals surface area contributed by atoms with Gasteiger partial charge in [0.1, 0.15) is 5.69 Å². The van der Waals surface area contributed by atoms with Crippen LogP contribution in [-0.4, -0.2) is 53.6 Å². The Kier molecular flexibility index (Phi) is 6.44.